The molecule has 1 fully saturated rings. The van der Waals surface area contributed by atoms with E-state index in [1.165, 1.54) is 15.6 Å². The summed E-state index contributed by atoms with van der Waals surface area (Å²) < 4.78 is 26.9. The molecule has 1 aromatic carbocycles. The zero-order valence-electron chi connectivity index (χ0n) is 15.2. The van der Waals surface area contributed by atoms with Gasteiger partial charge >= 0.3 is 0 Å². The van der Waals surface area contributed by atoms with Crippen LogP contribution in [0.1, 0.15) is 29.0 Å². The molecule has 8 heteroatoms. The van der Waals surface area contributed by atoms with Crippen LogP contribution in [0.2, 0.25) is 0 Å². The largest absolute Gasteiger partial charge is 0.302 e. The highest BCUT2D eigenvalue weighted by atomic mass is 32.2. The van der Waals surface area contributed by atoms with Crippen LogP contribution in [-0.4, -0.2) is 36.7 Å². The number of rotatable bonds is 4. The molecule has 1 N–H and O–H groups in total. The molecule has 1 aromatic heterocycles. The topological polar surface area (TPSA) is 79.4 Å². The van der Waals surface area contributed by atoms with Crippen LogP contribution in [0.4, 0.5) is 5.13 Å². The van der Waals surface area contributed by atoms with Gasteiger partial charge in [-0.2, -0.15) is 4.31 Å². The molecule has 1 aliphatic heterocycles. The fraction of sp³-hybridized carbons (Fsp3) is 0.444. The van der Waals surface area contributed by atoms with Crippen molar-refractivity contribution >= 4 is 32.4 Å². The summed E-state index contributed by atoms with van der Waals surface area (Å²) in [6, 6.07) is 6.86. The maximum Gasteiger partial charge on any atom is 0.243 e. The van der Waals surface area contributed by atoms with Crippen molar-refractivity contribution in [3.63, 3.8) is 0 Å². The molecule has 140 valence electrons. The summed E-state index contributed by atoms with van der Waals surface area (Å²) in [4.78, 5) is 18.2. The van der Waals surface area contributed by atoms with E-state index in [2.05, 4.69) is 10.3 Å². The molecule has 2 heterocycles. The van der Waals surface area contributed by atoms with E-state index in [1.807, 2.05) is 20.8 Å². The van der Waals surface area contributed by atoms with Crippen LogP contribution in [0, 0.1) is 26.7 Å². The Morgan fingerprint density at radius 2 is 1.77 bits per heavy atom. The van der Waals surface area contributed by atoms with Gasteiger partial charge in [-0.3, -0.25) is 4.79 Å². The van der Waals surface area contributed by atoms with Crippen LogP contribution in [0.25, 0.3) is 0 Å². The summed E-state index contributed by atoms with van der Waals surface area (Å²) in [5.74, 6) is -0.268. The molecule has 0 saturated carbocycles. The minimum atomic E-state index is -3.50. The van der Waals surface area contributed by atoms with Crippen LogP contribution in [-0.2, 0) is 14.8 Å². The fourth-order valence-corrected chi connectivity index (χ4v) is 5.24. The lowest BCUT2D eigenvalue weighted by atomic mass is 9.97. The molecule has 26 heavy (non-hydrogen) atoms. The molecule has 0 atom stereocenters. The first-order valence-electron chi connectivity index (χ1n) is 8.59. The Kier molecular flexibility index (Phi) is 5.45. The summed E-state index contributed by atoms with van der Waals surface area (Å²) in [6.07, 6.45) is 1.03. The third kappa shape index (κ3) is 3.97. The number of anilines is 1. The van der Waals surface area contributed by atoms with E-state index in [0.29, 0.717) is 36.0 Å². The number of carbonyl (C=O) groups is 1. The molecule has 3 rings (SSSR count). The lowest BCUT2D eigenvalue weighted by Gasteiger charge is -2.30. The molecule has 0 unspecified atom stereocenters. The lowest BCUT2D eigenvalue weighted by Crippen LogP contribution is -2.41. The van der Waals surface area contributed by atoms with E-state index < -0.39 is 10.0 Å². The Hall–Kier alpha value is -1.77. The summed E-state index contributed by atoms with van der Waals surface area (Å²) in [5, 5.41) is 3.48. The first-order valence-corrected chi connectivity index (χ1v) is 10.8. The van der Waals surface area contributed by atoms with Crippen LogP contribution in [0.3, 0.4) is 0 Å². The Balaban J connectivity index is 1.61. The molecule has 2 aromatic rings. The number of nitrogens with one attached hydrogen (secondary N) is 1. The van der Waals surface area contributed by atoms with Gasteiger partial charge in [-0.25, -0.2) is 13.4 Å². The van der Waals surface area contributed by atoms with Crippen molar-refractivity contribution in [1.29, 1.82) is 0 Å². The van der Waals surface area contributed by atoms with Crippen molar-refractivity contribution < 1.29 is 13.2 Å². The van der Waals surface area contributed by atoms with Gasteiger partial charge in [0, 0.05) is 23.9 Å². The predicted molar refractivity (Wildman–Crippen MR) is 103 cm³/mol. The van der Waals surface area contributed by atoms with Crippen LogP contribution >= 0.6 is 11.3 Å². The van der Waals surface area contributed by atoms with Gasteiger partial charge in [0.1, 0.15) is 0 Å². The number of aryl methyl sites for hydroxylation is 3. The van der Waals surface area contributed by atoms with Crippen molar-refractivity contribution in [2.45, 2.75) is 38.5 Å². The molecule has 1 amide bonds. The van der Waals surface area contributed by atoms with Gasteiger partial charge in [-0.1, -0.05) is 17.7 Å². The quantitative estimate of drug-likeness (QED) is 0.866. The van der Waals surface area contributed by atoms with Crippen molar-refractivity contribution in [3.05, 3.63) is 40.4 Å². The highest BCUT2D eigenvalue weighted by Gasteiger charge is 2.32. The molecule has 0 aliphatic carbocycles. The van der Waals surface area contributed by atoms with E-state index in [1.54, 1.807) is 24.3 Å². The Morgan fingerprint density at radius 3 is 2.31 bits per heavy atom. The first kappa shape index (κ1) is 19.0. The number of aromatic nitrogens is 1. The Bertz CT molecular complexity index is 877. The predicted octanol–water partition coefficient (Wildman–Crippen LogP) is 3.11. The molecule has 6 nitrogen and oxygen atoms in total. The molecule has 1 saturated heterocycles. The SMILES string of the molecule is Cc1ccc(S(=O)(=O)N2CCC(C(=O)Nc3nc(C)c(C)s3)CC2)cc1. The average molecular weight is 394 g/mol. The van der Waals surface area contributed by atoms with E-state index in [0.717, 1.165) is 16.1 Å². The number of amides is 1. The lowest BCUT2D eigenvalue weighted by molar-refractivity contribution is -0.120. The first-order chi connectivity index (χ1) is 12.3. The standard InChI is InChI=1S/C18H23N3O3S2/c1-12-4-6-16(7-5-12)26(23,24)21-10-8-15(9-11-21)17(22)20-18-19-13(2)14(3)25-18/h4-7,15H,8-11H2,1-3H3,(H,19,20,22). The van der Waals surface area contributed by atoms with Gasteiger partial charge in [0.05, 0.1) is 10.6 Å². The molecule has 1 aliphatic rings. The minimum Gasteiger partial charge on any atom is -0.302 e. The third-order valence-corrected chi connectivity index (χ3v) is 7.64. The second-order valence-corrected chi connectivity index (χ2v) is 9.78. The number of thiazole rings is 1. The molecule has 0 spiro atoms. The molecular weight excluding hydrogens is 370 g/mol. The summed E-state index contributed by atoms with van der Waals surface area (Å²) >= 11 is 1.46. The normalized spacial score (nSPS) is 16.6. The summed E-state index contributed by atoms with van der Waals surface area (Å²) in [7, 11) is -3.50. The van der Waals surface area contributed by atoms with Crippen LogP contribution < -0.4 is 5.32 Å². The number of nitrogens with zero attached hydrogens (tertiary/aromatic N) is 2. The van der Waals surface area contributed by atoms with Crippen LogP contribution in [0.15, 0.2) is 29.2 Å². The van der Waals surface area contributed by atoms with Gasteiger partial charge in [-0.15, -0.1) is 11.3 Å². The summed E-state index contributed by atoms with van der Waals surface area (Å²) in [6.45, 7) is 6.51. The van der Waals surface area contributed by atoms with Gasteiger partial charge in [-0.05, 0) is 45.7 Å². The van der Waals surface area contributed by atoms with E-state index in [9.17, 15) is 13.2 Å². The number of piperidine rings is 1. The van der Waals surface area contributed by atoms with Crippen molar-refractivity contribution in [3.8, 4) is 0 Å². The number of benzene rings is 1. The van der Waals surface area contributed by atoms with Gasteiger partial charge < -0.3 is 5.32 Å². The molecule has 0 bridgehead atoms. The van der Waals surface area contributed by atoms with Crippen LogP contribution in [0.5, 0.6) is 0 Å². The zero-order valence-corrected chi connectivity index (χ0v) is 16.8. The minimum absolute atomic E-state index is 0.0777. The fourth-order valence-electron chi connectivity index (χ4n) is 2.95. The second-order valence-electron chi connectivity index (χ2n) is 6.64. The van der Waals surface area contributed by atoms with E-state index in [4.69, 9.17) is 0 Å². The van der Waals surface area contributed by atoms with Gasteiger partial charge in [0.25, 0.3) is 0 Å². The number of hydrogen-bond acceptors (Lipinski definition) is 5. The number of carbonyl (C=O) groups excluding carboxylic acids is 1. The highest BCUT2D eigenvalue weighted by Crippen LogP contribution is 2.26. The zero-order chi connectivity index (χ0) is 18.9. The van der Waals surface area contributed by atoms with Gasteiger partial charge in [0.2, 0.25) is 15.9 Å². The number of sulfonamides is 1. The maximum atomic E-state index is 12.7. The second kappa shape index (κ2) is 7.46. The highest BCUT2D eigenvalue weighted by molar-refractivity contribution is 7.89. The monoisotopic (exact) mass is 393 g/mol. The van der Waals surface area contributed by atoms with Crippen molar-refractivity contribution in [2.24, 2.45) is 5.92 Å². The van der Waals surface area contributed by atoms with E-state index >= 15 is 0 Å². The number of hydrogen-bond donors (Lipinski definition) is 1. The molecule has 0 radical (unpaired) electrons. The van der Waals surface area contributed by atoms with Crippen molar-refractivity contribution in [1.82, 2.24) is 9.29 Å². The van der Waals surface area contributed by atoms with Gasteiger partial charge in [0.15, 0.2) is 5.13 Å². The van der Waals surface area contributed by atoms with Crippen molar-refractivity contribution in [2.75, 3.05) is 18.4 Å². The van der Waals surface area contributed by atoms with E-state index in [-0.39, 0.29) is 11.8 Å². The average Bonchev–Trinajstić information content (AvgIpc) is 2.92. The Labute approximate surface area is 158 Å². The smallest absolute Gasteiger partial charge is 0.243 e. The third-order valence-electron chi connectivity index (χ3n) is 4.74. The maximum absolute atomic E-state index is 12.7. The Morgan fingerprint density at radius 1 is 1.15 bits per heavy atom. The molecular formula is C18H23N3O3S2. The summed E-state index contributed by atoms with van der Waals surface area (Å²) in [5.41, 5.74) is 1.94.